The first-order valence-corrected chi connectivity index (χ1v) is 5.31. The van der Waals surface area contributed by atoms with Gasteiger partial charge in [-0.25, -0.2) is 4.98 Å². The molecule has 1 aromatic heterocycles. The maximum Gasteiger partial charge on any atom is 0.111 e. The lowest BCUT2D eigenvalue weighted by atomic mass is 10.2. The summed E-state index contributed by atoms with van der Waals surface area (Å²) in [5, 5.41) is 3.16. The number of H-pyrrole nitrogens is 1. The van der Waals surface area contributed by atoms with Crippen molar-refractivity contribution >= 4 is 11.0 Å². The van der Waals surface area contributed by atoms with Crippen molar-refractivity contribution in [1.29, 1.82) is 0 Å². The Kier molecular flexibility index (Phi) is 2.73. The maximum atomic E-state index is 4.58. The monoisotopic (exact) mass is 203 g/mol. The van der Waals surface area contributed by atoms with Crippen molar-refractivity contribution in [2.75, 3.05) is 13.6 Å². The largest absolute Gasteiger partial charge is 0.342 e. The third-order valence-electron chi connectivity index (χ3n) is 2.63. The lowest BCUT2D eigenvalue weighted by Gasteiger charge is -2.05. The Morgan fingerprint density at radius 2 is 2.27 bits per heavy atom. The second kappa shape index (κ2) is 4.03. The molecule has 0 aliphatic heterocycles. The lowest BCUT2D eigenvalue weighted by Crippen LogP contribution is -2.15. The minimum Gasteiger partial charge on any atom is -0.342 e. The standard InChI is InChI=1S/C12H17N3/c1-8-4-5-10-11(6-8)15-12(14-10)9(2)7-13-3/h4-6,9,13H,7H2,1-3H3,(H,14,15). The topological polar surface area (TPSA) is 40.7 Å². The van der Waals surface area contributed by atoms with Gasteiger partial charge >= 0.3 is 0 Å². The Morgan fingerprint density at radius 1 is 1.47 bits per heavy atom. The molecule has 1 aromatic carbocycles. The highest BCUT2D eigenvalue weighted by Crippen LogP contribution is 2.17. The van der Waals surface area contributed by atoms with Crippen molar-refractivity contribution in [3.8, 4) is 0 Å². The van der Waals surface area contributed by atoms with Crippen LogP contribution in [0.1, 0.15) is 24.2 Å². The number of likely N-dealkylation sites (N-methyl/N-ethyl adjacent to an activating group) is 1. The Morgan fingerprint density at radius 3 is 3.00 bits per heavy atom. The van der Waals surface area contributed by atoms with Gasteiger partial charge in [-0.1, -0.05) is 13.0 Å². The molecule has 3 heteroatoms. The number of benzene rings is 1. The van der Waals surface area contributed by atoms with Crippen molar-refractivity contribution in [3.63, 3.8) is 0 Å². The van der Waals surface area contributed by atoms with Crippen LogP contribution in [0.3, 0.4) is 0 Å². The summed E-state index contributed by atoms with van der Waals surface area (Å²) in [6, 6.07) is 6.30. The molecule has 1 heterocycles. The fourth-order valence-electron chi connectivity index (χ4n) is 1.78. The van der Waals surface area contributed by atoms with Gasteiger partial charge in [-0.2, -0.15) is 0 Å². The number of nitrogens with zero attached hydrogens (tertiary/aromatic N) is 1. The molecule has 0 aliphatic carbocycles. The van der Waals surface area contributed by atoms with Crippen molar-refractivity contribution in [2.45, 2.75) is 19.8 Å². The van der Waals surface area contributed by atoms with E-state index in [9.17, 15) is 0 Å². The zero-order valence-electron chi connectivity index (χ0n) is 9.46. The number of imidazole rings is 1. The number of aromatic nitrogens is 2. The van der Waals surface area contributed by atoms with Crippen LogP contribution in [0.25, 0.3) is 11.0 Å². The molecule has 80 valence electrons. The number of nitrogens with one attached hydrogen (secondary N) is 2. The summed E-state index contributed by atoms with van der Waals surface area (Å²) in [6.07, 6.45) is 0. The predicted octanol–water partition coefficient (Wildman–Crippen LogP) is 2.19. The van der Waals surface area contributed by atoms with Crippen LogP contribution >= 0.6 is 0 Å². The summed E-state index contributed by atoms with van der Waals surface area (Å²) < 4.78 is 0. The normalized spacial score (nSPS) is 13.3. The second-order valence-corrected chi connectivity index (χ2v) is 4.10. The molecular formula is C12H17N3. The molecule has 2 aromatic rings. The third-order valence-corrected chi connectivity index (χ3v) is 2.63. The summed E-state index contributed by atoms with van der Waals surface area (Å²) in [4.78, 5) is 7.95. The molecular weight excluding hydrogens is 186 g/mol. The van der Waals surface area contributed by atoms with E-state index in [1.54, 1.807) is 0 Å². The van der Waals surface area contributed by atoms with Crippen LogP contribution in [0.5, 0.6) is 0 Å². The van der Waals surface area contributed by atoms with Gasteiger partial charge in [-0.15, -0.1) is 0 Å². The highest BCUT2D eigenvalue weighted by molar-refractivity contribution is 5.75. The first-order chi connectivity index (χ1) is 7.20. The molecule has 0 saturated carbocycles. The number of aryl methyl sites for hydroxylation is 1. The SMILES string of the molecule is CNCC(C)c1nc2ccc(C)cc2[nH]1. The van der Waals surface area contributed by atoms with E-state index in [0.29, 0.717) is 5.92 Å². The van der Waals surface area contributed by atoms with E-state index in [1.807, 2.05) is 7.05 Å². The van der Waals surface area contributed by atoms with Gasteiger partial charge < -0.3 is 10.3 Å². The van der Waals surface area contributed by atoms with Gasteiger partial charge in [0.1, 0.15) is 5.82 Å². The number of hydrogen-bond donors (Lipinski definition) is 2. The molecule has 0 radical (unpaired) electrons. The van der Waals surface area contributed by atoms with E-state index in [0.717, 1.165) is 23.4 Å². The first kappa shape index (κ1) is 10.2. The van der Waals surface area contributed by atoms with Crippen LogP contribution in [0.4, 0.5) is 0 Å². The molecule has 0 bridgehead atoms. The molecule has 0 spiro atoms. The zero-order chi connectivity index (χ0) is 10.8. The molecule has 0 amide bonds. The van der Waals surface area contributed by atoms with Gasteiger partial charge in [-0.05, 0) is 31.7 Å². The average molecular weight is 203 g/mol. The molecule has 0 aliphatic rings. The van der Waals surface area contributed by atoms with Crippen LogP contribution in [-0.4, -0.2) is 23.6 Å². The summed E-state index contributed by atoms with van der Waals surface area (Å²) in [7, 11) is 1.96. The molecule has 0 saturated heterocycles. The van der Waals surface area contributed by atoms with Crippen LogP contribution in [-0.2, 0) is 0 Å². The molecule has 3 nitrogen and oxygen atoms in total. The van der Waals surface area contributed by atoms with E-state index in [2.05, 4.69) is 47.3 Å². The molecule has 0 fully saturated rings. The summed E-state index contributed by atoms with van der Waals surface area (Å²) >= 11 is 0. The van der Waals surface area contributed by atoms with Gasteiger partial charge in [0.2, 0.25) is 0 Å². The molecule has 2 N–H and O–H groups in total. The number of fused-ring (bicyclic) bond motifs is 1. The Bertz CT molecular complexity index is 459. The molecule has 1 atom stereocenters. The Labute approximate surface area is 89.9 Å². The highest BCUT2D eigenvalue weighted by Gasteiger charge is 2.09. The van der Waals surface area contributed by atoms with Crippen molar-refractivity contribution in [2.24, 2.45) is 0 Å². The van der Waals surface area contributed by atoms with Gasteiger partial charge in [0, 0.05) is 12.5 Å². The lowest BCUT2D eigenvalue weighted by molar-refractivity contribution is 0.650. The molecule has 15 heavy (non-hydrogen) atoms. The van der Waals surface area contributed by atoms with Crippen molar-refractivity contribution in [3.05, 3.63) is 29.6 Å². The average Bonchev–Trinajstić information content (AvgIpc) is 2.60. The van der Waals surface area contributed by atoms with E-state index in [-0.39, 0.29) is 0 Å². The summed E-state index contributed by atoms with van der Waals surface area (Å²) in [6.45, 7) is 5.21. The van der Waals surface area contributed by atoms with Crippen molar-refractivity contribution in [1.82, 2.24) is 15.3 Å². The second-order valence-electron chi connectivity index (χ2n) is 4.10. The van der Waals surface area contributed by atoms with Gasteiger partial charge in [0.25, 0.3) is 0 Å². The van der Waals surface area contributed by atoms with Crippen LogP contribution in [0, 0.1) is 6.92 Å². The van der Waals surface area contributed by atoms with E-state index >= 15 is 0 Å². The molecule has 2 rings (SSSR count). The zero-order valence-corrected chi connectivity index (χ0v) is 9.46. The Hall–Kier alpha value is -1.35. The van der Waals surface area contributed by atoms with E-state index < -0.39 is 0 Å². The van der Waals surface area contributed by atoms with E-state index in [1.165, 1.54) is 5.56 Å². The first-order valence-electron chi connectivity index (χ1n) is 5.31. The summed E-state index contributed by atoms with van der Waals surface area (Å²) in [5.74, 6) is 1.48. The van der Waals surface area contributed by atoms with Crippen LogP contribution < -0.4 is 5.32 Å². The highest BCUT2D eigenvalue weighted by atomic mass is 14.9. The van der Waals surface area contributed by atoms with Crippen LogP contribution in [0.2, 0.25) is 0 Å². The van der Waals surface area contributed by atoms with Gasteiger partial charge in [0.15, 0.2) is 0 Å². The number of rotatable bonds is 3. The maximum absolute atomic E-state index is 4.58. The van der Waals surface area contributed by atoms with Crippen LogP contribution in [0.15, 0.2) is 18.2 Å². The number of hydrogen-bond acceptors (Lipinski definition) is 2. The minimum atomic E-state index is 0.419. The third kappa shape index (κ3) is 2.02. The smallest absolute Gasteiger partial charge is 0.111 e. The quantitative estimate of drug-likeness (QED) is 0.802. The predicted molar refractivity (Wildman–Crippen MR) is 63.2 cm³/mol. The fraction of sp³-hybridized carbons (Fsp3) is 0.417. The fourth-order valence-corrected chi connectivity index (χ4v) is 1.78. The Balaban J connectivity index is 2.38. The van der Waals surface area contributed by atoms with Gasteiger partial charge in [0.05, 0.1) is 11.0 Å². The minimum absolute atomic E-state index is 0.419. The van der Waals surface area contributed by atoms with E-state index in [4.69, 9.17) is 0 Å². The molecule has 1 unspecified atom stereocenters. The number of aromatic amines is 1. The van der Waals surface area contributed by atoms with Gasteiger partial charge in [-0.3, -0.25) is 0 Å². The van der Waals surface area contributed by atoms with Crippen molar-refractivity contribution < 1.29 is 0 Å². The summed E-state index contributed by atoms with van der Waals surface area (Å²) in [5.41, 5.74) is 3.45.